The third-order valence-corrected chi connectivity index (χ3v) is 4.46. The first-order valence-electron chi connectivity index (χ1n) is 7.57. The number of hydrogen-bond donors (Lipinski definition) is 2. The van der Waals surface area contributed by atoms with Gasteiger partial charge in [-0.2, -0.15) is 0 Å². The van der Waals surface area contributed by atoms with Crippen LogP contribution in [-0.2, 0) is 10.2 Å². The maximum atomic E-state index is 11.3. The molecule has 0 radical (unpaired) electrons. The van der Waals surface area contributed by atoms with E-state index in [1.165, 1.54) is 5.56 Å². The van der Waals surface area contributed by atoms with E-state index >= 15 is 0 Å². The fourth-order valence-corrected chi connectivity index (χ4v) is 3.02. The number of carbonyl (C=O) groups is 1. The van der Waals surface area contributed by atoms with Gasteiger partial charge in [-0.15, -0.1) is 0 Å². The quantitative estimate of drug-likeness (QED) is 0.867. The maximum Gasteiger partial charge on any atom is 0.220 e. The Labute approximate surface area is 121 Å². The molecule has 0 saturated heterocycles. The van der Waals surface area contributed by atoms with E-state index in [1.807, 2.05) is 6.07 Å². The standard InChI is InChI=1S/C17H26N2O/c1-17(2,14-8-4-3-5-9-14)12-19-15-10-6-7-13(11-15)16(18)20/h3-5,8-9,13,15,19H,6-7,10-12H2,1-2H3,(H2,18,20)/t13-,15-/m1/s1. The fraction of sp³-hybridized carbons (Fsp3) is 0.588. The SMILES string of the molecule is CC(C)(CN[C@@H]1CCC[C@@H](C(N)=O)C1)c1ccccc1. The van der Waals surface area contributed by atoms with Crippen molar-refractivity contribution in [2.75, 3.05) is 6.54 Å². The van der Waals surface area contributed by atoms with Crippen molar-refractivity contribution >= 4 is 5.91 Å². The van der Waals surface area contributed by atoms with Crippen molar-refractivity contribution in [2.45, 2.75) is 51.0 Å². The Bertz CT molecular complexity index is 442. The molecule has 0 aliphatic heterocycles. The van der Waals surface area contributed by atoms with Crippen molar-refractivity contribution < 1.29 is 4.79 Å². The number of carbonyl (C=O) groups excluding carboxylic acids is 1. The molecule has 0 unspecified atom stereocenters. The van der Waals surface area contributed by atoms with Crippen molar-refractivity contribution in [3.63, 3.8) is 0 Å². The van der Waals surface area contributed by atoms with Gasteiger partial charge in [0.05, 0.1) is 0 Å². The normalized spacial score (nSPS) is 23.5. The van der Waals surface area contributed by atoms with E-state index in [4.69, 9.17) is 5.73 Å². The minimum Gasteiger partial charge on any atom is -0.369 e. The lowest BCUT2D eigenvalue weighted by molar-refractivity contribution is -0.122. The summed E-state index contributed by atoms with van der Waals surface area (Å²) >= 11 is 0. The number of rotatable bonds is 5. The molecule has 1 saturated carbocycles. The number of amides is 1. The van der Waals surface area contributed by atoms with E-state index in [1.54, 1.807) is 0 Å². The summed E-state index contributed by atoms with van der Waals surface area (Å²) in [5.41, 5.74) is 6.88. The summed E-state index contributed by atoms with van der Waals surface area (Å²) in [5, 5.41) is 3.64. The van der Waals surface area contributed by atoms with Gasteiger partial charge in [0.1, 0.15) is 0 Å². The van der Waals surface area contributed by atoms with Gasteiger partial charge in [0.2, 0.25) is 5.91 Å². The van der Waals surface area contributed by atoms with Gasteiger partial charge < -0.3 is 11.1 Å². The van der Waals surface area contributed by atoms with E-state index in [-0.39, 0.29) is 17.2 Å². The molecule has 110 valence electrons. The highest BCUT2D eigenvalue weighted by atomic mass is 16.1. The van der Waals surface area contributed by atoms with Gasteiger partial charge in [0.15, 0.2) is 0 Å². The molecule has 3 nitrogen and oxygen atoms in total. The average Bonchev–Trinajstić information content (AvgIpc) is 2.46. The zero-order valence-corrected chi connectivity index (χ0v) is 12.6. The number of primary amides is 1. The van der Waals surface area contributed by atoms with Crippen molar-refractivity contribution in [3.05, 3.63) is 35.9 Å². The maximum absolute atomic E-state index is 11.3. The predicted octanol–water partition coefficient (Wildman–Crippen LogP) is 2.60. The second kappa shape index (κ2) is 6.40. The summed E-state index contributed by atoms with van der Waals surface area (Å²) in [6.07, 6.45) is 4.08. The van der Waals surface area contributed by atoms with Crippen LogP contribution in [0.5, 0.6) is 0 Å². The van der Waals surface area contributed by atoms with Crippen molar-refractivity contribution in [1.82, 2.24) is 5.32 Å². The summed E-state index contributed by atoms with van der Waals surface area (Å²) in [4.78, 5) is 11.3. The van der Waals surface area contributed by atoms with Crippen LogP contribution < -0.4 is 11.1 Å². The number of nitrogens with one attached hydrogen (secondary N) is 1. The Morgan fingerprint density at radius 3 is 2.65 bits per heavy atom. The second-order valence-electron chi connectivity index (χ2n) is 6.59. The van der Waals surface area contributed by atoms with Crippen molar-refractivity contribution in [3.8, 4) is 0 Å². The molecule has 1 aromatic rings. The molecule has 20 heavy (non-hydrogen) atoms. The highest BCUT2D eigenvalue weighted by Crippen LogP contribution is 2.26. The van der Waals surface area contributed by atoms with Crippen LogP contribution in [0.2, 0.25) is 0 Å². The van der Waals surface area contributed by atoms with E-state index in [0.29, 0.717) is 6.04 Å². The highest BCUT2D eigenvalue weighted by molar-refractivity contribution is 5.76. The Hall–Kier alpha value is -1.35. The number of benzene rings is 1. The van der Waals surface area contributed by atoms with Crippen LogP contribution in [0.25, 0.3) is 0 Å². The van der Waals surface area contributed by atoms with E-state index in [0.717, 1.165) is 32.2 Å². The highest BCUT2D eigenvalue weighted by Gasteiger charge is 2.27. The zero-order valence-electron chi connectivity index (χ0n) is 12.6. The largest absolute Gasteiger partial charge is 0.369 e. The lowest BCUT2D eigenvalue weighted by atomic mass is 9.82. The molecule has 0 aromatic heterocycles. The number of nitrogens with two attached hydrogens (primary N) is 1. The molecule has 2 rings (SSSR count). The van der Waals surface area contributed by atoms with E-state index in [9.17, 15) is 4.79 Å². The van der Waals surface area contributed by atoms with E-state index < -0.39 is 0 Å². The monoisotopic (exact) mass is 274 g/mol. The van der Waals surface area contributed by atoms with Crippen LogP contribution >= 0.6 is 0 Å². The molecule has 0 spiro atoms. The summed E-state index contributed by atoms with van der Waals surface area (Å²) in [5.74, 6) is -0.0834. The van der Waals surface area contributed by atoms with Gasteiger partial charge in [-0.05, 0) is 24.8 Å². The molecule has 1 fully saturated rings. The lowest BCUT2D eigenvalue weighted by Crippen LogP contribution is -2.43. The van der Waals surface area contributed by atoms with Gasteiger partial charge in [0.25, 0.3) is 0 Å². The summed E-state index contributed by atoms with van der Waals surface area (Å²) in [6, 6.07) is 11.0. The molecule has 1 aliphatic rings. The van der Waals surface area contributed by atoms with Gasteiger partial charge in [-0.25, -0.2) is 0 Å². The van der Waals surface area contributed by atoms with Crippen molar-refractivity contribution in [2.24, 2.45) is 11.7 Å². The van der Waals surface area contributed by atoms with Crippen LogP contribution in [0.3, 0.4) is 0 Å². The first kappa shape index (κ1) is 15.0. The van der Waals surface area contributed by atoms with Gasteiger partial charge >= 0.3 is 0 Å². The van der Waals surface area contributed by atoms with Gasteiger partial charge in [-0.1, -0.05) is 50.6 Å². The molecule has 0 bridgehead atoms. The Kier molecular flexibility index (Phi) is 4.81. The van der Waals surface area contributed by atoms with Crippen LogP contribution in [-0.4, -0.2) is 18.5 Å². The fourth-order valence-electron chi connectivity index (χ4n) is 3.02. The molecule has 1 aromatic carbocycles. The first-order valence-corrected chi connectivity index (χ1v) is 7.57. The molecular weight excluding hydrogens is 248 g/mol. The average molecular weight is 274 g/mol. The minimum atomic E-state index is -0.140. The van der Waals surface area contributed by atoms with Crippen molar-refractivity contribution in [1.29, 1.82) is 0 Å². The van der Waals surface area contributed by atoms with E-state index in [2.05, 4.69) is 43.4 Å². The molecular formula is C17H26N2O. The molecule has 1 aliphatic carbocycles. The topological polar surface area (TPSA) is 55.1 Å². The molecule has 2 atom stereocenters. The molecule has 3 N–H and O–H groups in total. The first-order chi connectivity index (χ1) is 9.49. The van der Waals surface area contributed by atoms with Gasteiger partial charge in [-0.3, -0.25) is 4.79 Å². The predicted molar refractivity (Wildman–Crippen MR) is 82.4 cm³/mol. The van der Waals surface area contributed by atoms with Crippen LogP contribution in [0.1, 0.15) is 45.1 Å². The third kappa shape index (κ3) is 3.83. The Morgan fingerprint density at radius 1 is 1.30 bits per heavy atom. The molecule has 0 heterocycles. The summed E-state index contributed by atoms with van der Waals surface area (Å²) < 4.78 is 0. The number of hydrogen-bond acceptors (Lipinski definition) is 2. The second-order valence-corrected chi connectivity index (χ2v) is 6.59. The Balaban J connectivity index is 1.90. The Morgan fingerprint density at radius 2 is 2.00 bits per heavy atom. The van der Waals surface area contributed by atoms with Crippen LogP contribution in [0.15, 0.2) is 30.3 Å². The third-order valence-electron chi connectivity index (χ3n) is 4.46. The molecule has 1 amide bonds. The zero-order chi connectivity index (χ0) is 14.6. The summed E-state index contributed by atoms with van der Waals surface area (Å²) in [7, 11) is 0. The van der Waals surface area contributed by atoms with Gasteiger partial charge in [0, 0.05) is 23.9 Å². The smallest absolute Gasteiger partial charge is 0.220 e. The summed E-state index contributed by atoms with van der Waals surface area (Å²) in [6.45, 7) is 5.43. The molecule has 3 heteroatoms. The lowest BCUT2D eigenvalue weighted by Gasteiger charge is -2.32. The van der Waals surface area contributed by atoms with Crippen LogP contribution in [0, 0.1) is 5.92 Å². The minimum absolute atomic E-state index is 0.0566. The van der Waals surface area contributed by atoms with Crippen LogP contribution in [0.4, 0.5) is 0 Å².